The molecule has 152 valence electrons. The van der Waals surface area contributed by atoms with Gasteiger partial charge in [0.05, 0.1) is 12.3 Å². The topological polar surface area (TPSA) is 73.9 Å². The van der Waals surface area contributed by atoms with Gasteiger partial charge in [-0.1, -0.05) is 18.7 Å². The van der Waals surface area contributed by atoms with Crippen LogP contribution in [-0.2, 0) is 4.79 Å². The average Bonchev–Trinajstić information content (AvgIpc) is 2.75. The Morgan fingerprint density at radius 3 is 2.38 bits per heavy atom. The molecule has 0 bridgehead atoms. The number of amides is 3. The summed E-state index contributed by atoms with van der Waals surface area (Å²) in [5, 5.41) is 5.64. The normalized spacial score (nSPS) is 13.6. The van der Waals surface area contributed by atoms with Crippen molar-refractivity contribution in [2.45, 2.75) is 6.92 Å². The number of hydrogen-bond donors (Lipinski definition) is 2. The molecule has 29 heavy (non-hydrogen) atoms. The number of benzene rings is 2. The van der Waals surface area contributed by atoms with Gasteiger partial charge >= 0.3 is 6.03 Å². The van der Waals surface area contributed by atoms with E-state index in [1.165, 1.54) is 6.08 Å². The molecule has 0 saturated carbocycles. The number of hydrogen-bond acceptors (Lipinski definition) is 4. The third-order valence-corrected chi connectivity index (χ3v) is 4.69. The molecule has 1 aliphatic rings. The first-order valence-corrected chi connectivity index (χ1v) is 9.67. The van der Waals surface area contributed by atoms with Crippen LogP contribution >= 0.6 is 0 Å². The number of anilines is 3. The van der Waals surface area contributed by atoms with Crippen molar-refractivity contribution in [3.8, 4) is 5.75 Å². The lowest BCUT2D eigenvalue weighted by atomic mass is 10.2. The molecular weight excluding hydrogens is 368 g/mol. The first-order valence-electron chi connectivity index (χ1n) is 9.67. The van der Waals surface area contributed by atoms with Crippen LogP contribution in [-0.4, -0.2) is 49.6 Å². The zero-order valence-corrected chi connectivity index (χ0v) is 16.6. The SMILES string of the molecule is C=CC(=O)N1CCN(c2ccc(NC(=O)Nc3ccccc3OCC)cc2)CC1. The van der Waals surface area contributed by atoms with E-state index >= 15 is 0 Å². The highest BCUT2D eigenvalue weighted by atomic mass is 16.5. The third kappa shape index (κ3) is 5.28. The molecule has 2 N–H and O–H groups in total. The Morgan fingerprint density at radius 2 is 1.72 bits per heavy atom. The zero-order chi connectivity index (χ0) is 20.6. The fourth-order valence-corrected chi connectivity index (χ4v) is 3.21. The maximum atomic E-state index is 12.3. The van der Waals surface area contributed by atoms with E-state index in [-0.39, 0.29) is 11.9 Å². The Labute approximate surface area is 170 Å². The minimum atomic E-state index is -0.332. The van der Waals surface area contributed by atoms with Crippen LogP contribution < -0.4 is 20.3 Å². The highest BCUT2D eigenvalue weighted by Gasteiger charge is 2.19. The number of piperazine rings is 1. The van der Waals surface area contributed by atoms with Crippen LogP contribution in [0.4, 0.5) is 21.9 Å². The minimum Gasteiger partial charge on any atom is -0.492 e. The van der Waals surface area contributed by atoms with E-state index in [2.05, 4.69) is 22.1 Å². The van der Waals surface area contributed by atoms with Gasteiger partial charge in [-0.3, -0.25) is 4.79 Å². The summed E-state index contributed by atoms with van der Waals surface area (Å²) in [5.41, 5.74) is 2.37. The summed E-state index contributed by atoms with van der Waals surface area (Å²) in [6, 6.07) is 14.6. The van der Waals surface area contributed by atoms with E-state index in [4.69, 9.17) is 4.74 Å². The van der Waals surface area contributed by atoms with Gasteiger partial charge in [0.1, 0.15) is 5.75 Å². The van der Waals surface area contributed by atoms with Crippen molar-refractivity contribution in [3.05, 3.63) is 61.2 Å². The van der Waals surface area contributed by atoms with E-state index in [0.29, 0.717) is 36.8 Å². The number of para-hydroxylation sites is 2. The van der Waals surface area contributed by atoms with Gasteiger partial charge in [0.15, 0.2) is 0 Å². The van der Waals surface area contributed by atoms with E-state index in [0.717, 1.165) is 18.8 Å². The molecule has 7 heteroatoms. The standard InChI is InChI=1S/C22H26N4O3/c1-3-21(27)26-15-13-25(14-16-26)18-11-9-17(10-12-18)23-22(28)24-19-7-5-6-8-20(19)29-4-2/h3,5-12H,1,4,13-16H2,2H3,(H2,23,24,28). The first kappa shape index (κ1) is 20.3. The van der Waals surface area contributed by atoms with Crippen molar-refractivity contribution in [1.29, 1.82) is 0 Å². The van der Waals surface area contributed by atoms with E-state index < -0.39 is 0 Å². The van der Waals surface area contributed by atoms with Gasteiger partial charge in [-0.15, -0.1) is 0 Å². The van der Waals surface area contributed by atoms with Crippen LogP contribution in [0.1, 0.15) is 6.92 Å². The van der Waals surface area contributed by atoms with Crippen molar-refractivity contribution in [1.82, 2.24) is 4.90 Å². The molecule has 0 radical (unpaired) electrons. The number of nitrogens with zero attached hydrogens (tertiary/aromatic N) is 2. The van der Waals surface area contributed by atoms with Gasteiger partial charge < -0.3 is 25.2 Å². The Kier molecular flexibility index (Phi) is 6.73. The Bertz CT molecular complexity index is 859. The van der Waals surface area contributed by atoms with Crippen molar-refractivity contribution < 1.29 is 14.3 Å². The van der Waals surface area contributed by atoms with Crippen LogP contribution in [0.2, 0.25) is 0 Å². The first-order chi connectivity index (χ1) is 14.1. The predicted octanol–water partition coefficient (Wildman–Crippen LogP) is 3.56. The second-order valence-electron chi connectivity index (χ2n) is 6.57. The van der Waals surface area contributed by atoms with Crippen molar-refractivity contribution in [3.63, 3.8) is 0 Å². The quantitative estimate of drug-likeness (QED) is 0.735. The number of ether oxygens (including phenoxy) is 1. The predicted molar refractivity (Wildman–Crippen MR) is 116 cm³/mol. The fourth-order valence-electron chi connectivity index (χ4n) is 3.21. The number of nitrogens with one attached hydrogen (secondary N) is 2. The summed E-state index contributed by atoms with van der Waals surface area (Å²) in [6.45, 7) is 8.84. The summed E-state index contributed by atoms with van der Waals surface area (Å²) < 4.78 is 5.52. The lowest BCUT2D eigenvalue weighted by Crippen LogP contribution is -2.48. The maximum Gasteiger partial charge on any atom is 0.323 e. The van der Waals surface area contributed by atoms with Crippen LogP contribution in [0.3, 0.4) is 0 Å². The molecule has 1 heterocycles. The van der Waals surface area contributed by atoms with Crippen molar-refractivity contribution in [2.24, 2.45) is 0 Å². The van der Waals surface area contributed by atoms with Crippen LogP contribution in [0, 0.1) is 0 Å². The van der Waals surface area contributed by atoms with Gasteiger partial charge in [0.25, 0.3) is 0 Å². The zero-order valence-electron chi connectivity index (χ0n) is 16.6. The van der Waals surface area contributed by atoms with Gasteiger partial charge in [-0.25, -0.2) is 4.79 Å². The Hall–Kier alpha value is -3.48. The smallest absolute Gasteiger partial charge is 0.323 e. The summed E-state index contributed by atoms with van der Waals surface area (Å²) in [4.78, 5) is 28.0. The van der Waals surface area contributed by atoms with Crippen molar-refractivity contribution >= 4 is 29.0 Å². The fraction of sp³-hybridized carbons (Fsp3) is 0.273. The molecule has 2 aromatic carbocycles. The molecule has 7 nitrogen and oxygen atoms in total. The molecule has 2 aromatic rings. The second kappa shape index (κ2) is 9.64. The highest BCUT2D eigenvalue weighted by Crippen LogP contribution is 2.24. The van der Waals surface area contributed by atoms with E-state index in [1.54, 1.807) is 11.0 Å². The Morgan fingerprint density at radius 1 is 1.03 bits per heavy atom. The molecule has 1 aliphatic heterocycles. The molecular formula is C22H26N4O3. The summed E-state index contributed by atoms with van der Waals surface area (Å²) >= 11 is 0. The van der Waals surface area contributed by atoms with Crippen LogP contribution in [0.15, 0.2) is 61.2 Å². The number of rotatable bonds is 6. The average molecular weight is 394 g/mol. The molecule has 3 rings (SSSR count). The van der Waals surface area contributed by atoms with Gasteiger partial charge in [-0.05, 0) is 49.4 Å². The minimum absolute atomic E-state index is 0.0267. The highest BCUT2D eigenvalue weighted by molar-refractivity contribution is 6.00. The van der Waals surface area contributed by atoms with Gasteiger partial charge in [-0.2, -0.15) is 0 Å². The van der Waals surface area contributed by atoms with Gasteiger partial charge in [0, 0.05) is 37.6 Å². The third-order valence-electron chi connectivity index (χ3n) is 4.69. The molecule has 1 fully saturated rings. The Balaban J connectivity index is 1.55. The van der Waals surface area contributed by atoms with Crippen LogP contribution in [0.25, 0.3) is 0 Å². The molecule has 1 saturated heterocycles. The number of carbonyl (C=O) groups excluding carboxylic acids is 2. The molecule has 0 aliphatic carbocycles. The summed E-state index contributed by atoms with van der Waals surface area (Å²) in [7, 11) is 0. The second-order valence-corrected chi connectivity index (χ2v) is 6.57. The lowest BCUT2D eigenvalue weighted by Gasteiger charge is -2.35. The van der Waals surface area contributed by atoms with Crippen molar-refractivity contribution in [2.75, 3.05) is 48.3 Å². The summed E-state index contributed by atoms with van der Waals surface area (Å²) in [5.74, 6) is 0.607. The van der Waals surface area contributed by atoms with Gasteiger partial charge in [0.2, 0.25) is 5.91 Å². The number of carbonyl (C=O) groups is 2. The molecule has 3 amide bonds. The molecule has 0 aromatic heterocycles. The summed E-state index contributed by atoms with van der Waals surface area (Å²) in [6.07, 6.45) is 1.36. The monoisotopic (exact) mass is 394 g/mol. The van der Waals surface area contributed by atoms with Crippen LogP contribution in [0.5, 0.6) is 5.75 Å². The number of urea groups is 1. The van der Waals surface area contributed by atoms with E-state index in [9.17, 15) is 9.59 Å². The largest absolute Gasteiger partial charge is 0.492 e. The molecule has 0 spiro atoms. The van der Waals surface area contributed by atoms with E-state index in [1.807, 2.05) is 49.4 Å². The lowest BCUT2D eigenvalue weighted by molar-refractivity contribution is -0.126. The maximum absolute atomic E-state index is 12.3. The molecule has 0 unspecified atom stereocenters. The molecule has 0 atom stereocenters.